The van der Waals surface area contributed by atoms with Gasteiger partial charge in [-0.3, -0.25) is 9.48 Å². The number of aryl methyl sites for hydroxylation is 1. The van der Waals surface area contributed by atoms with Gasteiger partial charge in [0.1, 0.15) is 6.54 Å². The minimum atomic E-state index is -0.177. The second-order valence-electron chi connectivity index (χ2n) is 4.53. The summed E-state index contributed by atoms with van der Waals surface area (Å²) >= 11 is 10.2. The van der Waals surface area contributed by atoms with Gasteiger partial charge in [0.2, 0.25) is 5.91 Å². The lowest BCUT2D eigenvalue weighted by Crippen LogP contribution is -2.20. The third kappa shape index (κ3) is 3.67. The van der Waals surface area contributed by atoms with Crippen LogP contribution in [0.25, 0.3) is 0 Å². The third-order valence-electron chi connectivity index (χ3n) is 3.00. The highest BCUT2D eigenvalue weighted by molar-refractivity contribution is 9.11. The number of nitrogens with zero attached hydrogens (tertiary/aromatic N) is 2. The predicted molar refractivity (Wildman–Crippen MR) is 94.3 cm³/mol. The van der Waals surface area contributed by atoms with Crippen LogP contribution < -0.4 is 11.1 Å². The number of amides is 1. The molecule has 0 radical (unpaired) electrons. The Morgan fingerprint density at radius 3 is 2.33 bits per heavy atom. The van der Waals surface area contributed by atoms with E-state index in [4.69, 9.17) is 5.73 Å². The molecule has 2 aromatic rings. The Hall–Kier alpha value is -0.860. The largest absolute Gasteiger partial charge is 0.396 e. The number of hydrogen-bond donors (Lipinski definition) is 2. The summed E-state index contributed by atoms with van der Waals surface area (Å²) in [7, 11) is 0. The van der Waals surface area contributed by atoms with Gasteiger partial charge in [-0.2, -0.15) is 5.10 Å². The molecular weight excluding hydrogens is 468 g/mol. The van der Waals surface area contributed by atoms with E-state index in [-0.39, 0.29) is 12.5 Å². The predicted octanol–water partition coefficient (Wildman–Crippen LogP) is 4.01. The number of nitrogens with two attached hydrogens (primary N) is 1. The molecule has 21 heavy (non-hydrogen) atoms. The van der Waals surface area contributed by atoms with Gasteiger partial charge in [-0.1, -0.05) is 15.9 Å². The zero-order valence-corrected chi connectivity index (χ0v) is 16.1. The summed E-state index contributed by atoms with van der Waals surface area (Å²) in [6.45, 7) is 3.77. The van der Waals surface area contributed by atoms with Gasteiger partial charge in [0.15, 0.2) is 0 Å². The van der Waals surface area contributed by atoms with Crippen LogP contribution in [0.2, 0.25) is 0 Å². The maximum absolute atomic E-state index is 12.2. The van der Waals surface area contributed by atoms with E-state index in [1.807, 2.05) is 26.0 Å². The number of aromatic nitrogens is 2. The zero-order valence-electron chi connectivity index (χ0n) is 11.4. The van der Waals surface area contributed by atoms with Crippen LogP contribution in [0.5, 0.6) is 0 Å². The molecule has 5 nitrogen and oxygen atoms in total. The van der Waals surface area contributed by atoms with Crippen LogP contribution in [0, 0.1) is 13.8 Å². The maximum atomic E-state index is 12.2. The molecule has 1 aromatic heterocycles. The van der Waals surface area contributed by atoms with E-state index in [0.29, 0.717) is 11.4 Å². The SMILES string of the molecule is Cc1nn(CC(=O)Nc2c(Br)cc(Br)cc2Br)c(C)c1N. The van der Waals surface area contributed by atoms with E-state index in [0.717, 1.165) is 24.8 Å². The summed E-state index contributed by atoms with van der Waals surface area (Å²) in [6.07, 6.45) is 0. The Bertz CT molecular complexity index is 689. The molecule has 1 aromatic carbocycles. The van der Waals surface area contributed by atoms with Crippen molar-refractivity contribution in [2.75, 3.05) is 11.1 Å². The molecule has 3 N–H and O–H groups in total. The Morgan fingerprint density at radius 2 is 1.86 bits per heavy atom. The second-order valence-corrected chi connectivity index (χ2v) is 7.16. The van der Waals surface area contributed by atoms with Crippen molar-refractivity contribution in [2.24, 2.45) is 0 Å². The number of nitrogens with one attached hydrogen (secondary N) is 1. The van der Waals surface area contributed by atoms with Crippen LogP contribution in [0.1, 0.15) is 11.4 Å². The topological polar surface area (TPSA) is 72.9 Å². The second kappa shape index (κ2) is 6.50. The van der Waals surface area contributed by atoms with Crippen LogP contribution in [-0.4, -0.2) is 15.7 Å². The van der Waals surface area contributed by atoms with Crippen LogP contribution in [0.15, 0.2) is 25.6 Å². The standard InChI is InChI=1S/C13H13Br3N4O/c1-6-12(17)7(2)20(19-6)5-11(21)18-13-9(15)3-8(14)4-10(13)16/h3-4H,5,17H2,1-2H3,(H,18,21). The fraction of sp³-hybridized carbons (Fsp3) is 0.231. The van der Waals surface area contributed by atoms with Crippen LogP contribution in [-0.2, 0) is 11.3 Å². The molecule has 8 heteroatoms. The number of anilines is 2. The van der Waals surface area contributed by atoms with Crippen molar-refractivity contribution in [3.05, 3.63) is 36.9 Å². The van der Waals surface area contributed by atoms with Gasteiger partial charge in [-0.25, -0.2) is 0 Å². The van der Waals surface area contributed by atoms with Gasteiger partial charge in [-0.15, -0.1) is 0 Å². The Balaban J connectivity index is 2.17. The van der Waals surface area contributed by atoms with E-state index >= 15 is 0 Å². The molecular formula is C13H13Br3N4O. The van der Waals surface area contributed by atoms with Gasteiger partial charge in [0, 0.05) is 13.4 Å². The summed E-state index contributed by atoms with van der Waals surface area (Å²) in [5.74, 6) is -0.177. The molecule has 0 fully saturated rings. The smallest absolute Gasteiger partial charge is 0.246 e. The third-order valence-corrected chi connectivity index (χ3v) is 4.71. The fourth-order valence-electron chi connectivity index (χ4n) is 1.84. The first-order valence-corrected chi connectivity index (χ1v) is 8.41. The fourth-order valence-corrected chi connectivity index (χ4v) is 4.30. The summed E-state index contributed by atoms with van der Waals surface area (Å²) < 4.78 is 4.07. The lowest BCUT2D eigenvalue weighted by molar-refractivity contribution is -0.116. The average molecular weight is 481 g/mol. The summed E-state index contributed by atoms with van der Waals surface area (Å²) in [5.41, 5.74) is 8.67. The van der Waals surface area contributed by atoms with E-state index in [2.05, 4.69) is 58.2 Å². The van der Waals surface area contributed by atoms with Gasteiger partial charge in [0.25, 0.3) is 0 Å². The first-order chi connectivity index (χ1) is 9.79. The highest BCUT2D eigenvalue weighted by Gasteiger charge is 2.14. The van der Waals surface area contributed by atoms with Crippen molar-refractivity contribution in [1.82, 2.24) is 9.78 Å². The summed E-state index contributed by atoms with van der Waals surface area (Å²) in [5, 5.41) is 7.11. The molecule has 1 amide bonds. The molecule has 0 spiro atoms. The number of carbonyl (C=O) groups is 1. The van der Waals surface area contributed by atoms with E-state index in [9.17, 15) is 4.79 Å². The highest BCUT2D eigenvalue weighted by atomic mass is 79.9. The molecule has 1 heterocycles. The molecule has 0 saturated carbocycles. The molecule has 112 valence electrons. The van der Waals surface area contributed by atoms with Crippen molar-refractivity contribution in [2.45, 2.75) is 20.4 Å². The minimum absolute atomic E-state index is 0.110. The Kier molecular flexibility index (Phi) is 5.11. The van der Waals surface area contributed by atoms with E-state index in [1.165, 1.54) is 0 Å². The van der Waals surface area contributed by atoms with Crippen LogP contribution in [0.3, 0.4) is 0 Å². The first kappa shape index (κ1) is 16.5. The van der Waals surface area contributed by atoms with Gasteiger partial charge in [-0.05, 0) is 57.8 Å². The number of nitrogen functional groups attached to an aromatic ring is 1. The number of carbonyl (C=O) groups excluding carboxylic acids is 1. The summed E-state index contributed by atoms with van der Waals surface area (Å²) in [4.78, 5) is 12.2. The van der Waals surface area contributed by atoms with Crippen LogP contribution >= 0.6 is 47.8 Å². The quantitative estimate of drug-likeness (QED) is 0.697. The normalized spacial score (nSPS) is 10.7. The molecule has 0 atom stereocenters. The first-order valence-electron chi connectivity index (χ1n) is 6.03. The zero-order chi connectivity index (χ0) is 15.7. The van der Waals surface area contributed by atoms with Gasteiger partial charge in [0.05, 0.1) is 22.8 Å². The van der Waals surface area contributed by atoms with E-state index < -0.39 is 0 Å². The molecule has 0 saturated heterocycles. The molecule has 2 rings (SSSR count). The lowest BCUT2D eigenvalue weighted by Gasteiger charge is -2.11. The molecule has 0 unspecified atom stereocenters. The lowest BCUT2D eigenvalue weighted by atomic mass is 10.3. The van der Waals surface area contributed by atoms with Crippen molar-refractivity contribution in [3.63, 3.8) is 0 Å². The van der Waals surface area contributed by atoms with Crippen molar-refractivity contribution >= 4 is 65.1 Å². The van der Waals surface area contributed by atoms with E-state index in [1.54, 1.807) is 4.68 Å². The van der Waals surface area contributed by atoms with Crippen molar-refractivity contribution in [1.29, 1.82) is 0 Å². The number of hydrogen-bond acceptors (Lipinski definition) is 3. The minimum Gasteiger partial charge on any atom is -0.396 e. The van der Waals surface area contributed by atoms with Crippen LogP contribution in [0.4, 0.5) is 11.4 Å². The van der Waals surface area contributed by atoms with Gasteiger partial charge >= 0.3 is 0 Å². The molecule has 0 aliphatic rings. The monoisotopic (exact) mass is 478 g/mol. The number of halogens is 3. The number of benzene rings is 1. The van der Waals surface area contributed by atoms with Gasteiger partial charge < -0.3 is 11.1 Å². The Labute approximate surface area is 147 Å². The summed E-state index contributed by atoms with van der Waals surface area (Å²) in [6, 6.07) is 3.73. The molecule has 0 aliphatic heterocycles. The molecule has 0 bridgehead atoms. The highest BCUT2D eigenvalue weighted by Crippen LogP contribution is 2.34. The molecule has 0 aliphatic carbocycles. The maximum Gasteiger partial charge on any atom is 0.246 e. The number of rotatable bonds is 3. The Morgan fingerprint density at radius 1 is 1.29 bits per heavy atom. The van der Waals surface area contributed by atoms with Crippen molar-refractivity contribution in [3.8, 4) is 0 Å². The van der Waals surface area contributed by atoms with Crippen molar-refractivity contribution < 1.29 is 4.79 Å². The average Bonchev–Trinajstić information content (AvgIpc) is 2.61.